The van der Waals surface area contributed by atoms with Gasteiger partial charge in [-0.25, -0.2) is 13.2 Å². The molecule has 1 rings (SSSR count). The number of hydrogen-bond donors (Lipinski definition) is 2. The lowest BCUT2D eigenvalue weighted by molar-refractivity contribution is -0.126. The third kappa shape index (κ3) is 5.46. The second-order valence-corrected chi connectivity index (χ2v) is 7.00. The maximum atomic E-state index is 11.8. The molecule has 0 aromatic heterocycles. The van der Waals surface area contributed by atoms with Gasteiger partial charge in [-0.3, -0.25) is 4.79 Å². The molecule has 1 fully saturated rings. The monoisotopic (exact) mass is 291 g/mol. The summed E-state index contributed by atoms with van der Waals surface area (Å²) in [4.78, 5) is 24.8. The fourth-order valence-corrected chi connectivity index (χ4v) is 2.48. The molecule has 0 radical (unpaired) electrons. The van der Waals surface area contributed by atoms with Gasteiger partial charge in [0, 0.05) is 38.9 Å². The molecular formula is C11H21N3O4S. The van der Waals surface area contributed by atoms with Crippen LogP contribution in [-0.2, 0) is 14.6 Å². The summed E-state index contributed by atoms with van der Waals surface area (Å²) in [5, 5.41) is 5.18. The van der Waals surface area contributed by atoms with E-state index in [1.54, 1.807) is 11.9 Å². The highest BCUT2D eigenvalue weighted by molar-refractivity contribution is 7.90. The van der Waals surface area contributed by atoms with Gasteiger partial charge in [-0.05, 0) is 12.8 Å². The predicted molar refractivity (Wildman–Crippen MR) is 71.5 cm³/mol. The van der Waals surface area contributed by atoms with Gasteiger partial charge in [0.05, 0.1) is 5.75 Å². The Hall–Kier alpha value is -1.31. The topological polar surface area (TPSA) is 95.6 Å². The largest absolute Gasteiger partial charge is 0.355 e. The van der Waals surface area contributed by atoms with Crippen molar-refractivity contribution in [3.8, 4) is 0 Å². The second-order valence-electron chi connectivity index (χ2n) is 4.74. The molecule has 0 spiro atoms. The van der Waals surface area contributed by atoms with Crippen LogP contribution in [0.2, 0.25) is 0 Å². The van der Waals surface area contributed by atoms with Crippen LogP contribution in [0.25, 0.3) is 0 Å². The van der Waals surface area contributed by atoms with Gasteiger partial charge in [0.15, 0.2) is 0 Å². The van der Waals surface area contributed by atoms with Crippen LogP contribution in [0, 0.1) is 5.92 Å². The summed E-state index contributed by atoms with van der Waals surface area (Å²) in [6.45, 7) is 1.24. The number of sulfone groups is 1. The van der Waals surface area contributed by atoms with E-state index in [1.807, 2.05) is 0 Å². The lowest BCUT2D eigenvalue weighted by Gasteiger charge is -2.30. The zero-order valence-corrected chi connectivity index (χ0v) is 12.1. The van der Waals surface area contributed by atoms with Crippen LogP contribution in [0.15, 0.2) is 0 Å². The first-order chi connectivity index (χ1) is 8.83. The summed E-state index contributed by atoms with van der Waals surface area (Å²) >= 11 is 0. The number of hydrogen-bond acceptors (Lipinski definition) is 4. The molecule has 0 aliphatic carbocycles. The molecule has 0 aromatic carbocycles. The highest BCUT2D eigenvalue weighted by atomic mass is 32.2. The Bertz CT molecular complexity index is 427. The standard InChI is InChI=1S/C11H21N3O4S/c1-12-11(16)14-6-3-9(4-7-14)10(15)13-5-8-19(2,17)18/h9H,3-8H2,1-2H3,(H,12,16)(H,13,15). The predicted octanol–water partition coefficient (Wildman–Crippen LogP) is -0.801. The number of carbonyl (C=O) groups excluding carboxylic acids is 2. The molecule has 0 bridgehead atoms. The van der Waals surface area contributed by atoms with E-state index in [-0.39, 0.29) is 30.2 Å². The number of piperidine rings is 1. The molecule has 3 amide bonds. The molecule has 0 atom stereocenters. The van der Waals surface area contributed by atoms with Gasteiger partial charge < -0.3 is 15.5 Å². The van der Waals surface area contributed by atoms with Crippen LogP contribution in [-0.4, -0.2) is 63.9 Å². The van der Waals surface area contributed by atoms with Gasteiger partial charge in [0.1, 0.15) is 9.84 Å². The quantitative estimate of drug-likeness (QED) is 0.709. The minimum absolute atomic E-state index is 0.0458. The smallest absolute Gasteiger partial charge is 0.317 e. The van der Waals surface area contributed by atoms with Gasteiger partial charge in [-0.15, -0.1) is 0 Å². The second kappa shape index (κ2) is 6.74. The van der Waals surface area contributed by atoms with Gasteiger partial charge in [-0.1, -0.05) is 0 Å². The summed E-state index contributed by atoms with van der Waals surface area (Å²) in [6, 6.07) is -0.129. The van der Waals surface area contributed by atoms with E-state index in [0.717, 1.165) is 6.26 Å². The van der Waals surface area contributed by atoms with Crippen LogP contribution in [0.1, 0.15) is 12.8 Å². The molecule has 19 heavy (non-hydrogen) atoms. The molecular weight excluding hydrogens is 270 g/mol. The molecule has 0 saturated carbocycles. The number of likely N-dealkylation sites (tertiary alicyclic amines) is 1. The Morgan fingerprint density at radius 3 is 2.32 bits per heavy atom. The zero-order valence-electron chi connectivity index (χ0n) is 11.3. The number of nitrogens with zero attached hydrogens (tertiary/aromatic N) is 1. The Labute approximate surface area is 113 Å². The molecule has 7 nitrogen and oxygen atoms in total. The Morgan fingerprint density at radius 2 is 1.84 bits per heavy atom. The van der Waals surface area contributed by atoms with Crippen molar-refractivity contribution in [2.45, 2.75) is 12.8 Å². The average Bonchev–Trinajstić information content (AvgIpc) is 2.36. The highest BCUT2D eigenvalue weighted by Crippen LogP contribution is 2.17. The molecule has 0 unspecified atom stereocenters. The average molecular weight is 291 g/mol. The van der Waals surface area contributed by atoms with E-state index in [4.69, 9.17) is 0 Å². The number of rotatable bonds is 4. The molecule has 1 heterocycles. The molecule has 0 aromatic rings. The Balaban J connectivity index is 2.31. The first-order valence-corrected chi connectivity index (χ1v) is 8.31. The number of urea groups is 1. The summed E-state index contributed by atoms with van der Waals surface area (Å²) in [7, 11) is -1.47. The summed E-state index contributed by atoms with van der Waals surface area (Å²) in [6.07, 6.45) is 2.36. The van der Waals surface area contributed by atoms with E-state index in [9.17, 15) is 18.0 Å². The fraction of sp³-hybridized carbons (Fsp3) is 0.818. The van der Waals surface area contributed by atoms with E-state index in [2.05, 4.69) is 10.6 Å². The maximum absolute atomic E-state index is 11.8. The molecule has 1 aliphatic rings. The number of amides is 3. The van der Waals surface area contributed by atoms with Crippen molar-refractivity contribution in [2.24, 2.45) is 5.92 Å². The van der Waals surface area contributed by atoms with E-state index in [0.29, 0.717) is 25.9 Å². The lowest BCUT2D eigenvalue weighted by atomic mass is 9.96. The first-order valence-electron chi connectivity index (χ1n) is 6.25. The molecule has 110 valence electrons. The van der Waals surface area contributed by atoms with Crippen LogP contribution < -0.4 is 10.6 Å². The van der Waals surface area contributed by atoms with Crippen molar-refractivity contribution in [2.75, 3.05) is 38.7 Å². The van der Waals surface area contributed by atoms with Gasteiger partial charge >= 0.3 is 6.03 Å². The molecule has 2 N–H and O–H groups in total. The van der Waals surface area contributed by atoms with Crippen LogP contribution in [0.5, 0.6) is 0 Å². The Morgan fingerprint density at radius 1 is 1.26 bits per heavy atom. The maximum Gasteiger partial charge on any atom is 0.317 e. The normalized spacial score (nSPS) is 17.1. The van der Waals surface area contributed by atoms with Gasteiger partial charge in [0.2, 0.25) is 5.91 Å². The summed E-state index contributed by atoms with van der Waals surface area (Å²) in [5.41, 5.74) is 0. The van der Waals surface area contributed by atoms with E-state index < -0.39 is 9.84 Å². The Kier molecular flexibility index (Phi) is 5.59. The van der Waals surface area contributed by atoms with Gasteiger partial charge in [-0.2, -0.15) is 0 Å². The van der Waals surface area contributed by atoms with Gasteiger partial charge in [0.25, 0.3) is 0 Å². The van der Waals surface area contributed by atoms with Crippen molar-refractivity contribution in [3.63, 3.8) is 0 Å². The zero-order chi connectivity index (χ0) is 14.5. The van der Waals surface area contributed by atoms with Crippen molar-refractivity contribution in [3.05, 3.63) is 0 Å². The molecule has 1 saturated heterocycles. The van der Waals surface area contributed by atoms with Crippen molar-refractivity contribution >= 4 is 21.8 Å². The van der Waals surface area contributed by atoms with E-state index in [1.165, 1.54) is 0 Å². The SMILES string of the molecule is CNC(=O)N1CCC(C(=O)NCCS(C)(=O)=O)CC1. The van der Waals surface area contributed by atoms with E-state index >= 15 is 0 Å². The van der Waals surface area contributed by atoms with Crippen molar-refractivity contribution < 1.29 is 18.0 Å². The van der Waals surface area contributed by atoms with Crippen molar-refractivity contribution in [1.82, 2.24) is 15.5 Å². The lowest BCUT2D eigenvalue weighted by Crippen LogP contribution is -2.46. The molecule has 8 heteroatoms. The highest BCUT2D eigenvalue weighted by Gasteiger charge is 2.26. The minimum Gasteiger partial charge on any atom is -0.355 e. The van der Waals surface area contributed by atoms with Crippen LogP contribution in [0.4, 0.5) is 4.79 Å². The fourth-order valence-electron chi connectivity index (χ4n) is 2.01. The first kappa shape index (κ1) is 15.7. The minimum atomic E-state index is -3.05. The summed E-state index contributed by atoms with van der Waals surface area (Å²) < 4.78 is 21.9. The third-order valence-corrected chi connectivity index (χ3v) is 4.08. The third-order valence-electron chi connectivity index (χ3n) is 3.14. The van der Waals surface area contributed by atoms with Crippen LogP contribution in [0.3, 0.4) is 0 Å². The van der Waals surface area contributed by atoms with Crippen LogP contribution >= 0.6 is 0 Å². The number of nitrogens with one attached hydrogen (secondary N) is 2. The molecule has 1 aliphatic heterocycles. The van der Waals surface area contributed by atoms with Crippen molar-refractivity contribution in [1.29, 1.82) is 0 Å². The number of carbonyl (C=O) groups is 2. The summed E-state index contributed by atoms with van der Waals surface area (Å²) in [5.74, 6) is -0.309.